The molecule has 0 N–H and O–H groups in total. The third-order valence-corrected chi connectivity index (χ3v) is 4.93. The minimum absolute atomic E-state index is 0.0122. The third-order valence-electron chi connectivity index (χ3n) is 4.93. The Morgan fingerprint density at radius 2 is 2.08 bits per heavy atom. The molecule has 1 amide bonds. The first-order chi connectivity index (χ1) is 12.7. The van der Waals surface area contributed by atoms with Crippen molar-refractivity contribution in [3.05, 3.63) is 71.4 Å². The molecule has 4 aromatic rings. The molecule has 0 saturated heterocycles. The summed E-state index contributed by atoms with van der Waals surface area (Å²) in [5.41, 5.74) is 5.09. The van der Waals surface area contributed by atoms with Gasteiger partial charge in [0, 0.05) is 43.0 Å². The SMILES string of the molecule is Cc1nc2ccccn2c1C(=O)N1CCc2nc3ncccc3cc2C1. The second-order valence-electron chi connectivity index (χ2n) is 6.60. The van der Waals surface area contributed by atoms with Gasteiger partial charge in [0.15, 0.2) is 5.65 Å². The van der Waals surface area contributed by atoms with Crippen LogP contribution in [0, 0.1) is 6.92 Å². The monoisotopic (exact) mass is 343 g/mol. The number of hydrogen-bond acceptors (Lipinski definition) is 4. The van der Waals surface area contributed by atoms with Gasteiger partial charge in [-0.3, -0.25) is 9.20 Å². The fourth-order valence-corrected chi connectivity index (χ4v) is 3.66. The van der Waals surface area contributed by atoms with E-state index in [1.54, 1.807) is 6.20 Å². The summed E-state index contributed by atoms with van der Waals surface area (Å²) in [6, 6.07) is 11.8. The van der Waals surface area contributed by atoms with Crippen LogP contribution in [0.3, 0.4) is 0 Å². The highest BCUT2D eigenvalue weighted by Crippen LogP contribution is 2.23. The zero-order chi connectivity index (χ0) is 17.7. The van der Waals surface area contributed by atoms with Gasteiger partial charge in [0.2, 0.25) is 0 Å². The molecular weight excluding hydrogens is 326 g/mol. The van der Waals surface area contributed by atoms with Crippen LogP contribution >= 0.6 is 0 Å². The Labute approximate surface area is 150 Å². The van der Waals surface area contributed by atoms with Crippen LogP contribution in [0.2, 0.25) is 0 Å². The van der Waals surface area contributed by atoms with Gasteiger partial charge in [-0.2, -0.15) is 0 Å². The van der Waals surface area contributed by atoms with E-state index < -0.39 is 0 Å². The largest absolute Gasteiger partial charge is 0.333 e. The Morgan fingerprint density at radius 1 is 1.15 bits per heavy atom. The minimum Gasteiger partial charge on any atom is -0.333 e. The average Bonchev–Trinajstić information content (AvgIpc) is 3.01. The molecule has 1 aliphatic heterocycles. The van der Waals surface area contributed by atoms with Gasteiger partial charge in [-0.25, -0.2) is 15.0 Å². The lowest BCUT2D eigenvalue weighted by Gasteiger charge is -2.28. The van der Waals surface area contributed by atoms with Crippen molar-refractivity contribution in [1.82, 2.24) is 24.3 Å². The Bertz CT molecular complexity index is 1160. The second-order valence-corrected chi connectivity index (χ2v) is 6.60. The first-order valence-electron chi connectivity index (χ1n) is 8.67. The van der Waals surface area contributed by atoms with Gasteiger partial charge >= 0.3 is 0 Å². The van der Waals surface area contributed by atoms with E-state index in [2.05, 4.69) is 21.0 Å². The van der Waals surface area contributed by atoms with Gasteiger partial charge in [0.1, 0.15) is 11.3 Å². The van der Waals surface area contributed by atoms with Crippen molar-refractivity contribution >= 4 is 22.6 Å². The molecule has 0 aromatic carbocycles. The fraction of sp³-hybridized carbons (Fsp3) is 0.200. The predicted molar refractivity (Wildman–Crippen MR) is 97.9 cm³/mol. The summed E-state index contributed by atoms with van der Waals surface area (Å²) >= 11 is 0. The molecule has 0 unspecified atom stereocenters. The number of carbonyl (C=O) groups excluding carboxylic acids is 1. The molecule has 4 aromatic heterocycles. The molecule has 0 saturated carbocycles. The minimum atomic E-state index is 0.0122. The highest BCUT2D eigenvalue weighted by molar-refractivity contribution is 5.95. The van der Waals surface area contributed by atoms with Crippen molar-refractivity contribution in [2.45, 2.75) is 19.9 Å². The number of rotatable bonds is 1. The number of aryl methyl sites for hydroxylation is 1. The van der Waals surface area contributed by atoms with Crippen molar-refractivity contribution in [1.29, 1.82) is 0 Å². The van der Waals surface area contributed by atoms with E-state index in [0.29, 0.717) is 18.8 Å². The summed E-state index contributed by atoms with van der Waals surface area (Å²) in [6.45, 7) is 3.10. The van der Waals surface area contributed by atoms with Crippen LogP contribution in [0.15, 0.2) is 48.8 Å². The van der Waals surface area contributed by atoms with Crippen molar-refractivity contribution in [3.63, 3.8) is 0 Å². The maximum absolute atomic E-state index is 13.2. The Morgan fingerprint density at radius 3 is 3.00 bits per heavy atom. The molecule has 0 atom stereocenters. The van der Waals surface area contributed by atoms with Crippen LogP contribution in [0.25, 0.3) is 16.7 Å². The fourth-order valence-electron chi connectivity index (χ4n) is 3.66. The van der Waals surface area contributed by atoms with Gasteiger partial charge in [-0.1, -0.05) is 6.07 Å². The highest BCUT2D eigenvalue weighted by Gasteiger charge is 2.26. The molecule has 6 heteroatoms. The first-order valence-corrected chi connectivity index (χ1v) is 8.67. The molecule has 6 nitrogen and oxygen atoms in total. The normalized spacial score (nSPS) is 14.0. The number of fused-ring (bicyclic) bond motifs is 3. The molecule has 5 rings (SSSR count). The van der Waals surface area contributed by atoms with Crippen molar-refractivity contribution in [3.8, 4) is 0 Å². The van der Waals surface area contributed by atoms with Crippen molar-refractivity contribution in [2.24, 2.45) is 0 Å². The van der Waals surface area contributed by atoms with Gasteiger partial charge < -0.3 is 4.90 Å². The summed E-state index contributed by atoms with van der Waals surface area (Å²) in [7, 11) is 0. The molecule has 0 fully saturated rings. The van der Waals surface area contributed by atoms with Crippen LogP contribution in [-0.2, 0) is 13.0 Å². The maximum Gasteiger partial charge on any atom is 0.273 e. The van der Waals surface area contributed by atoms with E-state index in [0.717, 1.165) is 40.1 Å². The smallest absolute Gasteiger partial charge is 0.273 e. The lowest BCUT2D eigenvalue weighted by Crippen LogP contribution is -2.37. The topological polar surface area (TPSA) is 63.4 Å². The summed E-state index contributed by atoms with van der Waals surface area (Å²) < 4.78 is 1.87. The predicted octanol–water partition coefficient (Wildman–Crippen LogP) is 2.78. The molecule has 26 heavy (non-hydrogen) atoms. The lowest BCUT2D eigenvalue weighted by molar-refractivity contribution is 0.0726. The van der Waals surface area contributed by atoms with E-state index >= 15 is 0 Å². The maximum atomic E-state index is 13.2. The summed E-state index contributed by atoms with van der Waals surface area (Å²) in [5, 5.41) is 1.01. The second kappa shape index (κ2) is 5.62. The molecule has 0 bridgehead atoms. The number of pyridine rings is 3. The number of amides is 1. The van der Waals surface area contributed by atoms with E-state index in [4.69, 9.17) is 0 Å². The van der Waals surface area contributed by atoms with Crippen molar-refractivity contribution < 1.29 is 4.79 Å². The van der Waals surface area contributed by atoms with Gasteiger partial charge in [0.25, 0.3) is 5.91 Å². The molecular formula is C20H17N5O. The molecule has 128 valence electrons. The van der Waals surface area contributed by atoms with Gasteiger partial charge in [0.05, 0.1) is 5.69 Å². The molecule has 5 heterocycles. The van der Waals surface area contributed by atoms with Crippen LogP contribution in [0.4, 0.5) is 0 Å². The summed E-state index contributed by atoms with van der Waals surface area (Å²) in [6.07, 6.45) is 4.39. The zero-order valence-electron chi connectivity index (χ0n) is 14.4. The Hall–Kier alpha value is -3.28. The number of hydrogen-bond donors (Lipinski definition) is 0. The van der Waals surface area contributed by atoms with Crippen LogP contribution in [0.1, 0.15) is 27.4 Å². The standard InChI is InChI=1S/C20H17N5O/c1-13-18(25-9-3-2-6-17(25)22-13)20(26)24-10-7-16-15(12-24)11-14-5-4-8-21-19(14)23-16/h2-6,8-9,11H,7,10,12H2,1H3. The summed E-state index contributed by atoms with van der Waals surface area (Å²) in [5.74, 6) is 0.0122. The van der Waals surface area contributed by atoms with Crippen LogP contribution < -0.4 is 0 Å². The Kier molecular flexibility index (Phi) is 3.25. The highest BCUT2D eigenvalue weighted by atomic mass is 16.2. The van der Waals surface area contributed by atoms with Crippen LogP contribution in [-0.4, -0.2) is 36.7 Å². The third kappa shape index (κ3) is 2.26. The van der Waals surface area contributed by atoms with Crippen molar-refractivity contribution in [2.75, 3.05) is 6.54 Å². The van der Waals surface area contributed by atoms with E-state index in [1.165, 1.54) is 0 Å². The molecule has 0 radical (unpaired) electrons. The van der Waals surface area contributed by atoms with Gasteiger partial charge in [-0.05, 0) is 42.8 Å². The molecule has 0 spiro atoms. The van der Waals surface area contributed by atoms with Crippen LogP contribution in [0.5, 0.6) is 0 Å². The van der Waals surface area contributed by atoms with Gasteiger partial charge in [-0.15, -0.1) is 0 Å². The van der Waals surface area contributed by atoms with E-state index in [-0.39, 0.29) is 5.91 Å². The summed E-state index contributed by atoms with van der Waals surface area (Å²) in [4.78, 5) is 28.6. The number of imidazole rings is 1. The first kappa shape index (κ1) is 15.0. The van der Waals surface area contributed by atoms with E-state index in [1.807, 2.05) is 52.8 Å². The molecule has 1 aliphatic rings. The van der Waals surface area contributed by atoms with E-state index in [9.17, 15) is 4.79 Å². The Balaban J connectivity index is 1.53. The zero-order valence-corrected chi connectivity index (χ0v) is 14.4. The number of aromatic nitrogens is 4. The number of nitrogens with zero attached hydrogens (tertiary/aromatic N) is 5. The average molecular weight is 343 g/mol. The quantitative estimate of drug-likeness (QED) is 0.533. The molecule has 0 aliphatic carbocycles. The number of carbonyl (C=O) groups is 1. The lowest BCUT2D eigenvalue weighted by atomic mass is 10.0.